The van der Waals surface area contributed by atoms with Crippen molar-refractivity contribution < 1.29 is 4.79 Å². The number of imidazole rings is 1. The van der Waals surface area contributed by atoms with Gasteiger partial charge in [-0.05, 0) is 65.6 Å². The van der Waals surface area contributed by atoms with E-state index in [1.165, 1.54) is 0 Å². The van der Waals surface area contributed by atoms with Gasteiger partial charge >= 0.3 is 0 Å². The Balaban J connectivity index is 1.29. The van der Waals surface area contributed by atoms with Gasteiger partial charge in [0.2, 0.25) is 0 Å². The second-order valence-corrected chi connectivity index (χ2v) is 8.20. The van der Waals surface area contributed by atoms with Crippen molar-refractivity contribution in [2.24, 2.45) is 0 Å². The molecule has 7 nitrogen and oxygen atoms in total. The number of pyridine rings is 1. The zero-order valence-electron chi connectivity index (χ0n) is 17.9. The van der Waals surface area contributed by atoms with Gasteiger partial charge in [0.1, 0.15) is 11.6 Å². The molecule has 0 unspecified atom stereocenters. The first-order valence-electron chi connectivity index (χ1n) is 10.7. The molecule has 0 bridgehead atoms. The van der Waals surface area contributed by atoms with Crippen LogP contribution in [0.15, 0.2) is 72.7 Å². The molecule has 7 heteroatoms. The molecule has 5 aromatic rings. The molecule has 0 fully saturated rings. The summed E-state index contributed by atoms with van der Waals surface area (Å²) < 4.78 is 1.59. The van der Waals surface area contributed by atoms with Gasteiger partial charge in [-0.25, -0.2) is 9.67 Å². The fourth-order valence-corrected chi connectivity index (χ4v) is 4.38. The molecule has 160 valence electrons. The average molecular weight is 432 g/mol. The van der Waals surface area contributed by atoms with Gasteiger partial charge in [-0.2, -0.15) is 5.10 Å². The van der Waals surface area contributed by atoms with E-state index in [-0.39, 0.29) is 5.78 Å². The molecular weight excluding hydrogens is 412 g/mol. The number of nitrogens with one attached hydrogen (secondary N) is 1. The average Bonchev–Trinajstić information content (AvgIpc) is 3.53. The number of aromatic nitrogens is 5. The van der Waals surface area contributed by atoms with Crippen LogP contribution in [0.2, 0.25) is 0 Å². The highest BCUT2D eigenvalue weighted by atomic mass is 16.1. The molecular formula is C26H20N6O. The molecule has 3 N–H and O–H groups in total. The minimum atomic E-state index is -0.0983. The Hall–Kier alpha value is -4.52. The fourth-order valence-electron chi connectivity index (χ4n) is 4.38. The smallest absolute Gasteiger partial charge is 0.194 e. The van der Waals surface area contributed by atoms with Crippen LogP contribution in [0.3, 0.4) is 0 Å². The zero-order valence-corrected chi connectivity index (χ0v) is 17.9. The van der Waals surface area contributed by atoms with E-state index in [1.54, 1.807) is 23.3 Å². The normalized spacial score (nSPS) is 12.7. The van der Waals surface area contributed by atoms with Crippen LogP contribution in [-0.2, 0) is 6.42 Å². The van der Waals surface area contributed by atoms with Gasteiger partial charge in [0, 0.05) is 24.4 Å². The van der Waals surface area contributed by atoms with Crippen molar-refractivity contribution in [3.8, 4) is 16.8 Å². The van der Waals surface area contributed by atoms with Gasteiger partial charge in [0.05, 0.1) is 28.5 Å². The second kappa shape index (κ2) is 7.27. The SMILES string of the molecule is Cc1nc2ccc(-n3ncc(C(=O)C4=Cc5ccc(-c6ccncc6)cc5C4)c3N)cc2[nH]1. The van der Waals surface area contributed by atoms with Gasteiger partial charge in [-0.3, -0.25) is 9.78 Å². The Morgan fingerprint density at radius 2 is 1.91 bits per heavy atom. The summed E-state index contributed by atoms with van der Waals surface area (Å²) in [6.07, 6.45) is 7.62. The van der Waals surface area contributed by atoms with Gasteiger partial charge in [0.15, 0.2) is 5.78 Å². The number of nitrogen functional groups attached to an aromatic ring is 1. The lowest BCUT2D eigenvalue weighted by Gasteiger charge is -2.06. The highest BCUT2D eigenvalue weighted by molar-refractivity contribution is 6.15. The van der Waals surface area contributed by atoms with Crippen molar-refractivity contribution in [2.75, 3.05) is 5.73 Å². The summed E-state index contributed by atoms with van der Waals surface area (Å²) >= 11 is 0. The molecule has 1 aliphatic carbocycles. The largest absolute Gasteiger partial charge is 0.383 e. The van der Waals surface area contributed by atoms with Gasteiger partial charge in [0.25, 0.3) is 0 Å². The lowest BCUT2D eigenvalue weighted by Crippen LogP contribution is -2.08. The van der Waals surface area contributed by atoms with E-state index in [0.29, 0.717) is 23.4 Å². The van der Waals surface area contributed by atoms with Gasteiger partial charge in [-0.15, -0.1) is 0 Å². The quantitative estimate of drug-likeness (QED) is 0.407. The number of Topliss-reactive ketones (excluding diaryl/α,β-unsaturated/α-hetero) is 1. The van der Waals surface area contributed by atoms with Crippen LogP contribution in [0, 0.1) is 6.92 Å². The molecule has 0 amide bonds. The zero-order chi connectivity index (χ0) is 22.5. The number of benzene rings is 2. The number of allylic oxidation sites excluding steroid dienone is 1. The lowest BCUT2D eigenvalue weighted by atomic mass is 10.00. The van der Waals surface area contributed by atoms with Crippen molar-refractivity contribution >= 4 is 28.7 Å². The Morgan fingerprint density at radius 3 is 2.76 bits per heavy atom. The second-order valence-electron chi connectivity index (χ2n) is 8.20. The highest BCUT2D eigenvalue weighted by Gasteiger charge is 2.24. The highest BCUT2D eigenvalue weighted by Crippen LogP contribution is 2.32. The lowest BCUT2D eigenvalue weighted by molar-refractivity contribution is 0.103. The number of aryl methyl sites for hydroxylation is 1. The van der Waals surface area contributed by atoms with Crippen LogP contribution in [0.4, 0.5) is 5.82 Å². The van der Waals surface area contributed by atoms with Crippen LogP contribution in [0.1, 0.15) is 27.3 Å². The standard InChI is InChI=1S/C26H20N6O/c1-15-30-23-5-4-21(13-24(23)31-15)32-26(27)22(14-29-32)25(33)20-11-18-3-2-17(10-19(18)12-20)16-6-8-28-9-7-16/h2-11,13-14H,12,27H2,1H3,(H,30,31). The number of carbonyl (C=O) groups excluding carboxylic acids is 1. The molecule has 0 saturated carbocycles. The number of rotatable bonds is 4. The Kier molecular flexibility index (Phi) is 4.23. The molecule has 6 rings (SSSR count). The van der Waals surface area contributed by atoms with Crippen molar-refractivity contribution in [1.29, 1.82) is 0 Å². The molecule has 0 radical (unpaired) electrons. The number of anilines is 1. The number of nitrogens with two attached hydrogens (primary N) is 1. The summed E-state index contributed by atoms with van der Waals surface area (Å²) in [6, 6.07) is 15.9. The summed E-state index contributed by atoms with van der Waals surface area (Å²) in [5.74, 6) is 1.06. The van der Waals surface area contributed by atoms with E-state index < -0.39 is 0 Å². The number of H-pyrrole nitrogens is 1. The number of ketones is 1. The van der Waals surface area contributed by atoms with Gasteiger partial charge < -0.3 is 10.7 Å². The van der Waals surface area contributed by atoms with E-state index >= 15 is 0 Å². The van der Waals surface area contributed by atoms with E-state index in [0.717, 1.165) is 44.8 Å². The topological polar surface area (TPSA) is 102 Å². The third-order valence-corrected chi connectivity index (χ3v) is 6.04. The van der Waals surface area contributed by atoms with Crippen molar-refractivity contribution in [3.05, 3.63) is 95.2 Å². The number of hydrogen-bond donors (Lipinski definition) is 2. The maximum atomic E-state index is 13.3. The summed E-state index contributed by atoms with van der Waals surface area (Å²) in [4.78, 5) is 25.0. The summed E-state index contributed by atoms with van der Waals surface area (Å²) in [6.45, 7) is 1.91. The first-order valence-corrected chi connectivity index (χ1v) is 10.7. The van der Waals surface area contributed by atoms with E-state index in [2.05, 4.69) is 38.2 Å². The summed E-state index contributed by atoms with van der Waals surface area (Å²) in [7, 11) is 0. The van der Waals surface area contributed by atoms with E-state index in [9.17, 15) is 4.79 Å². The molecule has 3 heterocycles. The van der Waals surface area contributed by atoms with E-state index in [4.69, 9.17) is 5.73 Å². The maximum absolute atomic E-state index is 13.3. The Labute approximate surface area is 189 Å². The van der Waals surface area contributed by atoms with Crippen LogP contribution < -0.4 is 5.73 Å². The molecule has 0 spiro atoms. The molecule has 0 saturated heterocycles. The number of hydrogen-bond acceptors (Lipinski definition) is 5. The predicted molar refractivity (Wildman–Crippen MR) is 128 cm³/mol. The molecule has 2 aromatic carbocycles. The minimum absolute atomic E-state index is 0.0983. The molecule has 0 atom stereocenters. The predicted octanol–water partition coefficient (Wildman–Crippen LogP) is 4.52. The number of aromatic amines is 1. The monoisotopic (exact) mass is 432 g/mol. The summed E-state index contributed by atoms with van der Waals surface area (Å²) in [5.41, 5.74) is 14.4. The third-order valence-electron chi connectivity index (χ3n) is 6.04. The van der Waals surface area contributed by atoms with Crippen LogP contribution >= 0.6 is 0 Å². The number of fused-ring (bicyclic) bond motifs is 2. The van der Waals surface area contributed by atoms with E-state index in [1.807, 2.05) is 43.3 Å². The first kappa shape index (κ1) is 19.2. The van der Waals surface area contributed by atoms with Gasteiger partial charge in [-0.1, -0.05) is 18.2 Å². The van der Waals surface area contributed by atoms with Crippen molar-refractivity contribution in [2.45, 2.75) is 13.3 Å². The number of carbonyl (C=O) groups is 1. The minimum Gasteiger partial charge on any atom is -0.383 e. The molecule has 1 aliphatic rings. The summed E-state index contributed by atoms with van der Waals surface area (Å²) in [5, 5.41) is 4.40. The van der Waals surface area contributed by atoms with Crippen LogP contribution in [0.25, 0.3) is 33.9 Å². The number of nitrogens with zero attached hydrogens (tertiary/aromatic N) is 4. The Bertz CT molecular complexity index is 1580. The Morgan fingerprint density at radius 1 is 1.06 bits per heavy atom. The molecule has 0 aliphatic heterocycles. The molecule has 33 heavy (non-hydrogen) atoms. The van der Waals surface area contributed by atoms with Crippen LogP contribution in [0.5, 0.6) is 0 Å². The first-order chi connectivity index (χ1) is 16.1. The fraction of sp³-hybridized carbons (Fsp3) is 0.0769. The van der Waals surface area contributed by atoms with Crippen molar-refractivity contribution in [3.63, 3.8) is 0 Å². The van der Waals surface area contributed by atoms with Crippen molar-refractivity contribution in [1.82, 2.24) is 24.7 Å². The third kappa shape index (κ3) is 3.22. The molecule has 3 aromatic heterocycles. The van der Waals surface area contributed by atoms with Crippen LogP contribution in [-0.4, -0.2) is 30.5 Å². The maximum Gasteiger partial charge on any atom is 0.194 e.